The lowest BCUT2D eigenvalue weighted by Gasteiger charge is -2.04. The Morgan fingerprint density at radius 3 is 2.55 bits per heavy atom. The molecule has 0 aromatic rings. The molecule has 0 aliphatic rings. The van der Waals surface area contributed by atoms with Gasteiger partial charge in [0.05, 0.1) is 12.3 Å². The van der Waals surface area contributed by atoms with Gasteiger partial charge in [0, 0.05) is 6.54 Å². The average Bonchev–Trinajstić information content (AvgIpc) is 1.87. The van der Waals surface area contributed by atoms with Gasteiger partial charge < -0.3 is 10.4 Å². The number of carbonyl (C=O) groups excluding carboxylic acids is 1. The van der Waals surface area contributed by atoms with E-state index in [-0.39, 0.29) is 5.91 Å². The molecule has 0 spiro atoms. The van der Waals surface area contributed by atoms with E-state index >= 15 is 0 Å². The van der Waals surface area contributed by atoms with E-state index in [2.05, 4.69) is 5.32 Å². The summed E-state index contributed by atoms with van der Waals surface area (Å²) in [6.45, 7) is 3.75. The summed E-state index contributed by atoms with van der Waals surface area (Å²) in [6, 6.07) is 0. The van der Waals surface area contributed by atoms with E-state index in [4.69, 9.17) is 5.11 Å². The summed E-state index contributed by atoms with van der Waals surface area (Å²) in [7, 11) is 0. The fourth-order valence-electron chi connectivity index (χ4n) is 0.532. The van der Waals surface area contributed by atoms with Crippen LogP contribution in [0.5, 0.6) is 0 Å². The second kappa shape index (κ2) is 4.71. The normalized spacial score (nSPS) is 12.2. The Labute approximate surface area is 65.6 Å². The number of rotatable bonds is 4. The highest BCUT2D eigenvalue weighted by molar-refractivity contribution is 5.90. The minimum atomic E-state index is -0.990. The topological polar surface area (TPSA) is 66.4 Å². The SMILES string of the molecule is CCNC(=O)[CH]C(C)C(=O)O. The van der Waals surface area contributed by atoms with Crippen molar-refractivity contribution in [3.8, 4) is 0 Å². The van der Waals surface area contributed by atoms with Crippen LogP contribution in [0.1, 0.15) is 13.8 Å². The number of hydrogen-bond acceptors (Lipinski definition) is 2. The van der Waals surface area contributed by atoms with Gasteiger partial charge in [-0.15, -0.1) is 0 Å². The Balaban J connectivity index is 3.66. The summed E-state index contributed by atoms with van der Waals surface area (Å²) in [5.41, 5.74) is 0. The van der Waals surface area contributed by atoms with Crippen molar-refractivity contribution in [3.63, 3.8) is 0 Å². The molecular weight excluding hydrogens is 146 g/mol. The maximum Gasteiger partial charge on any atom is 0.307 e. The van der Waals surface area contributed by atoms with Gasteiger partial charge in [0.2, 0.25) is 5.91 Å². The van der Waals surface area contributed by atoms with E-state index in [0.717, 1.165) is 6.42 Å². The van der Waals surface area contributed by atoms with Gasteiger partial charge in [-0.05, 0) is 6.92 Å². The van der Waals surface area contributed by atoms with E-state index in [1.165, 1.54) is 6.92 Å². The molecule has 0 saturated carbocycles. The van der Waals surface area contributed by atoms with Crippen LogP contribution in [-0.2, 0) is 9.59 Å². The molecule has 0 bridgehead atoms. The van der Waals surface area contributed by atoms with Crippen molar-refractivity contribution in [1.82, 2.24) is 5.32 Å². The molecule has 0 saturated heterocycles. The molecule has 4 heteroatoms. The van der Waals surface area contributed by atoms with E-state index in [1.807, 2.05) is 0 Å². The smallest absolute Gasteiger partial charge is 0.307 e. The zero-order valence-electron chi connectivity index (χ0n) is 6.63. The summed E-state index contributed by atoms with van der Waals surface area (Å²) in [6.07, 6.45) is 1.14. The lowest BCUT2D eigenvalue weighted by molar-refractivity contribution is -0.141. The third-order valence-electron chi connectivity index (χ3n) is 1.14. The van der Waals surface area contributed by atoms with Gasteiger partial charge in [-0.1, -0.05) is 6.92 Å². The lowest BCUT2D eigenvalue weighted by atomic mass is 10.1. The van der Waals surface area contributed by atoms with Crippen LogP contribution >= 0.6 is 0 Å². The summed E-state index contributed by atoms with van der Waals surface area (Å²) < 4.78 is 0. The first kappa shape index (κ1) is 9.94. The largest absolute Gasteiger partial charge is 0.481 e. The maximum absolute atomic E-state index is 10.7. The number of hydrogen-bond donors (Lipinski definition) is 2. The van der Waals surface area contributed by atoms with E-state index in [9.17, 15) is 9.59 Å². The van der Waals surface area contributed by atoms with Gasteiger partial charge >= 0.3 is 5.97 Å². The third kappa shape index (κ3) is 4.36. The van der Waals surface area contributed by atoms with Crippen LogP contribution < -0.4 is 5.32 Å². The third-order valence-corrected chi connectivity index (χ3v) is 1.14. The second-order valence-electron chi connectivity index (χ2n) is 2.19. The van der Waals surface area contributed by atoms with Gasteiger partial charge in [0.15, 0.2) is 0 Å². The van der Waals surface area contributed by atoms with Crippen LogP contribution in [0.15, 0.2) is 0 Å². The summed E-state index contributed by atoms with van der Waals surface area (Å²) in [5.74, 6) is -2.04. The van der Waals surface area contributed by atoms with Crippen molar-refractivity contribution in [2.75, 3.05) is 6.54 Å². The van der Waals surface area contributed by atoms with Crippen LogP contribution in [0.25, 0.3) is 0 Å². The number of aliphatic carboxylic acids is 1. The first-order valence-electron chi connectivity index (χ1n) is 3.43. The average molecular weight is 158 g/mol. The molecule has 0 rings (SSSR count). The first-order valence-corrected chi connectivity index (χ1v) is 3.43. The minimum Gasteiger partial charge on any atom is -0.481 e. The molecular formula is C7H12NO3. The van der Waals surface area contributed by atoms with E-state index < -0.39 is 11.9 Å². The number of carbonyl (C=O) groups is 2. The summed E-state index contributed by atoms with van der Waals surface area (Å²) in [4.78, 5) is 21.0. The molecule has 1 amide bonds. The zero-order valence-corrected chi connectivity index (χ0v) is 6.63. The van der Waals surface area contributed by atoms with Gasteiger partial charge in [-0.3, -0.25) is 9.59 Å². The standard InChI is InChI=1S/C7H12NO3/c1-3-8-6(9)4-5(2)7(10)11/h4-5H,3H2,1-2H3,(H,8,9)(H,10,11). The minimum absolute atomic E-state index is 0.331. The number of carboxylic acid groups (broad SMARTS) is 1. The Bertz CT molecular complexity index is 156. The maximum atomic E-state index is 10.7. The van der Waals surface area contributed by atoms with E-state index in [0.29, 0.717) is 6.54 Å². The quantitative estimate of drug-likeness (QED) is 0.607. The van der Waals surface area contributed by atoms with Gasteiger partial charge in [0.25, 0.3) is 0 Å². The van der Waals surface area contributed by atoms with Crippen molar-refractivity contribution in [2.24, 2.45) is 5.92 Å². The molecule has 0 heterocycles. The van der Waals surface area contributed by atoms with Crippen molar-refractivity contribution in [2.45, 2.75) is 13.8 Å². The van der Waals surface area contributed by atoms with Crippen LogP contribution in [0.4, 0.5) is 0 Å². The number of carboxylic acids is 1. The highest BCUT2D eigenvalue weighted by Gasteiger charge is 2.14. The lowest BCUT2D eigenvalue weighted by Crippen LogP contribution is -2.27. The Morgan fingerprint density at radius 1 is 1.64 bits per heavy atom. The predicted octanol–water partition coefficient (Wildman–Crippen LogP) is 0.0475. The van der Waals surface area contributed by atoms with Gasteiger partial charge in [-0.25, -0.2) is 0 Å². The highest BCUT2D eigenvalue weighted by atomic mass is 16.4. The zero-order chi connectivity index (χ0) is 8.85. The molecule has 11 heavy (non-hydrogen) atoms. The summed E-state index contributed by atoms with van der Waals surface area (Å²) >= 11 is 0. The Kier molecular flexibility index (Phi) is 4.26. The van der Waals surface area contributed by atoms with Crippen molar-refractivity contribution in [3.05, 3.63) is 6.42 Å². The molecule has 1 unspecified atom stereocenters. The first-order chi connectivity index (χ1) is 5.07. The molecule has 0 aromatic carbocycles. The molecule has 0 aromatic heterocycles. The molecule has 0 fully saturated rings. The molecule has 0 aliphatic heterocycles. The fraction of sp³-hybridized carbons (Fsp3) is 0.571. The van der Waals surface area contributed by atoms with Crippen molar-refractivity contribution < 1.29 is 14.7 Å². The van der Waals surface area contributed by atoms with Crippen LogP contribution in [-0.4, -0.2) is 23.5 Å². The highest BCUT2D eigenvalue weighted by Crippen LogP contribution is 1.98. The number of nitrogens with one attached hydrogen (secondary N) is 1. The fourth-order valence-corrected chi connectivity index (χ4v) is 0.532. The Hall–Kier alpha value is -1.06. The van der Waals surface area contributed by atoms with Crippen LogP contribution in [0, 0.1) is 12.3 Å². The van der Waals surface area contributed by atoms with Gasteiger partial charge in [0.1, 0.15) is 0 Å². The number of amides is 1. The Morgan fingerprint density at radius 2 is 2.18 bits per heavy atom. The van der Waals surface area contributed by atoms with Crippen LogP contribution in [0.2, 0.25) is 0 Å². The second-order valence-corrected chi connectivity index (χ2v) is 2.19. The molecule has 1 atom stereocenters. The van der Waals surface area contributed by atoms with Crippen LogP contribution in [0.3, 0.4) is 0 Å². The molecule has 63 valence electrons. The van der Waals surface area contributed by atoms with Crippen molar-refractivity contribution >= 4 is 11.9 Å². The molecule has 2 N–H and O–H groups in total. The monoisotopic (exact) mass is 158 g/mol. The summed E-state index contributed by atoms with van der Waals surface area (Å²) in [5, 5.41) is 10.9. The van der Waals surface area contributed by atoms with Crippen molar-refractivity contribution in [1.29, 1.82) is 0 Å². The van der Waals surface area contributed by atoms with E-state index in [1.54, 1.807) is 6.92 Å². The molecule has 1 radical (unpaired) electrons. The predicted molar refractivity (Wildman–Crippen MR) is 39.8 cm³/mol. The molecule has 4 nitrogen and oxygen atoms in total. The van der Waals surface area contributed by atoms with Gasteiger partial charge in [-0.2, -0.15) is 0 Å². The molecule has 0 aliphatic carbocycles.